The first-order valence-electron chi connectivity index (χ1n) is 5.33. The molecule has 1 aliphatic rings. The van der Waals surface area contributed by atoms with Gasteiger partial charge in [-0.3, -0.25) is 4.79 Å². The Morgan fingerprint density at radius 2 is 2.19 bits per heavy atom. The Bertz CT molecular complexity index is 419. The first kappa shape index (κ1) is 11.0. The van der Waals surface area contributed by atoms with Crippen molar-refractivity contribution in [3.05, 3.63) is 35.4 Å². The van der Waals surface area contributed by atoms with Crippen LogP contribution in [0.3, 0.4) is 0 Å². The molecule has 0 aliphatic carbocycles. The third-order valence-corrected chi connectivity index (χ3v) is 2.89. The maximum atomic E-state index is 13.4. The summed E-state index contributed by atoms with van der Waals surface area (Å²) in [7, 11) is 0. The first-order valence-corrected chi connectivity index (χ1v) is 5.33. The summed E-state index contributed by atoms with van der Waals surface area (Å²) in [6.45, 7) is 3.28. The van der Waals surface area contributed by atoms with Crippen LogP contribution < -0.4 is 0 Å². The molecule has 86 valence electrons. The standard InChI is InChI=1S/C12H13F2NO/c1-8-5-6-15(7-8)12(16)9-3-2-4-10(13)11(9)14/h2-4,8H,5-7H2,1H3. The molecule has 2 rings (SSSR count). The summed E-state index contributed by atoms with van der Waals surface area (Å²) in [4.78, 5) is 13.5. The van der Waals surface area contributed by atoms with Gasteiger partial charge in [-0.1, -0.05) is 13.0 Å². The van der Waals surface area contributed by atoms with E-state index in [0.717, 1.165) is 12.5 Å². The molecule has 1 amide bonds. The summed E-state index contributed by atoms with van der Waals surface area (Å²) in [5.74, 6) is -2.01. The number of rotatable bonds is 1. The Labute approximate surface area is 92.9 Å². The second-order valence-electron chi connectivity index (χ2n) is 4.25. The highest BCUT2D eigenvalue weighted by atomic mass is 19.2. The Morgan fingerprint density at radius 3 is 2.81 bits per heavy atom. The minimum absolute atomic E-state index is 0.172. The molecule has 0 radical (unpaired) electrons. The maximum Gasteiger partial charge on any atom is 0.256 e. The highest BCUT2D eigenvalue weighted by Gasteiger charge is 2.26. The van der Waals surface area contributed by atoms with Crippen LogP contribution in [-0.4, -0.2) is 23.9 Å². The van der Waals surface area contributed by atoms with Crippen molar-refractivity contribution in [2.75, 3.05) is 13.1 Å². The highest BCUT2D eigenvalue weighted by Crippen LogP contribution is 2.20. The summed E-state index contributed by atoms with van der Waals surface area (Å²) in [5.41, 5.74) is -0.172. The zero-order chi connectivity index (χ0) is 11.7. The molecular formula is C12H13F2NO. The van der Waals surface area contributed by atoms with Crippen LogP contribution in [0.2, 0.25) is 0 Å². The fraction of sp³-hybridized carbons (Fsp3) is 0.417. The number of carbonyl (C=O) groups excluding carboxylic acids is 1. The van der Waals surface area contributed by atoms with Gasteiger partial charge in [0.15, 0.2) is 11.6 Å². The largest absolute Gasteiger partial charge is 0.338 e. The normalized spacial score (nSPS) is 20.2. The summed E-state index contributed by atoms with van der Waals surface area (Å²) in [6, 6.07) is 3.69. The van der Waals surface area contributed by atoms with E-state index >= 15 is 0 Å². The number of hydrogen-bond donors (Lipinski definition) is 0. The average molecular weight is 225 g/mol. The molecule has 1 aliphatic heterocycles. The molecule has 16 heavy (non-hydrogen) atoms. The summed E-state index contributed by atoms with van der Waals surface area (Å²) in [6.07, 6.45) is 0.919. The molecule has 1 unspecified atom stereocenters. The molecule has 0 N–H and O–H groups in total. The monoisotopic (exact) mass is 225 g/mol. The van der Waals surface area contributed by atoms with Gasteiger partial charge in [-0.05, 0) is 24.5 Å². The van der Waals surface area contributed by atoms with Crippen molar-refractivity contribution in [1.82, 2.24) is 4.90 Å². The molecule has 0 saturated carbocycles. The van der Waals surface area contributed by atoms with Gasteiger partial charge in [0, 0.05) is 13.1 Å². The lowest BCUT2D eigenvalue weighted by Gasteiger charge is -2.16. The number of nitrogens with zero attached hydrogens (tertiary/aromatic N) is 1. The van der Waals surface area contributed by atoms with Crippen LogP contribution in [0.4, 0.5) is 8.78 Å². The Hall–Kier alpha value is -1.45. The highest BCUT2D eigenvalue weighted by molar-refractivity contribution is 5.94. The average Bonchev–Trinajstić information content (AvgIpc) is 2.68. The zero-order valence-corrected chi connectivity index (χ0v) is 9.04. The van der Waals surface area contributed by atoms with Crippen molar-refractivity contribution in [3.63, 3.8) is 0 Å². The number of carbonyl (C=O) groups is 1. The topological polar surface area (TPSA) is 20.3 Å². The van der Waals surface area contributed by atoms with Gasteiger partial charge in [0.1, 0.15) is 0 Å². The van der Waals surface area contributed by atoms with Crippen LogP contribution in [0.1, 0.15) is 23.7 Å². The molecule has 1 atom stereocenters. The Balaban J connectivity index is 2.24. The molecule has 1 saturated heterocycles. The van der Waals surface area contributed by atoms with Crippen molar-refractivity contribution in [2.45, 2.75) is 13.3 Å². The number of halogens is 2. The fourth-order valence-corrected chi connectivity index (χ4v) is 1.96. The molecule has 0 spiro atoms. The molecule has 2 nitrogen and oxygen atoms in total. The molecule has 1 aromatic rings. The van der Waals surface area contributed by atoms with Crippen molar-refractivity contribution >= 4 is 5.91 Å². The summed E-state index contributed by atoms with van der Waals surface area (Å²) >= 11 is 0. The lowest BCUT2D eigenvalue weighted by Crippen LogP contribution is -2.29. The van der Waals surface area contributed by atoms with Gasteiger partial charge in [-0.15, -0.1) is 0 Å². The lowest BCUT2D eigenvalue weighted by atomic mass is 10.1. The van der Waals surface area contributed by atoms with E-state index in [2.05, 4.69) is 0 Å². The van der Waals surface area contributed by atoms with Gasteiger partial charge in [0.25, 0.3) is 5.91 Å². The van der Waals surface area contributed by atoms with Gasteiger partial charge >= 0.3 is 0 Å². The molecule has 0 aromatic heterocycles. The van der Waals surface area contributed by atoms with Crippen LogP contribution in [0.5, 0.6) is 0 Å². The number of benzene rings is 1. The van der Waals surface area contributed by atoms with E-state index in [4.69, 9.17) is 0 Å². The summed E-state index contributed by atoms with van der Waals surface area (Å²) < 4.78 is 26.3. The Kier molecular flexibility index (Phi) is 2.90. The predicted octanol–water partition coefficient (Wildman–Crippen LogP) is 2.45. The smallest absolute Gasteiger partial charge is 0.256 e. The van der Waals surface area contributed by atoms with E-state index in [1.165, 1.54) is 12.1 Å². The van der Waals surface area contributed by atoms with E-state index < -0.39 is 17.5 Å². The quantitative estimate of drug-likeness (QED) is 0.719. The minimum Gasteiger partial charge on any atom is -0.338 e. The van der Waals surface area contributed by atoms with Crippen LogP contribution in [0.25, 0.3) is 0 Å². The molecule has 1 fully saturated rings. The summed E-state index contributed by atoms with van der Waals surface area (Å²) in [5, 5.41) is 0. The second-order valence-corrected chi connectivity index (χ2v) is 4.25. The van der Waals surface area contributed by atoms with Crippen molar-refractivity contribution < 1.29 is 13.6 Å². The molecule has 1 aromatic carbocycles. The number of likely N-dealkylation sites (tertiary alicyclic amines) is 1. The van der Waals surface area contributed by atoms with Gasteiger partial charge in [0.05, 0.1) is 5.56 Å². The number of amides is 1. The predicted molar refractivity (Wildman–Crippen MR) is 56.0 cm³/mol. The van der Waals surface area contributed by atoms with Crippen LogP contribution in [0.15, 0.2) is 18.2 Å². The third kappa shape index (κ3) is 1.92. The molecule has 1 heterocycles. The third-order valence-electron chi connectivity index (χ3n) is 2.89. The van der Waals surface area contributed by atoms with Crippen molar-refractivity contribution in [3.8, 4) is 0 Å². The second kappa shape index (κ2) is 4.20. The van der Waals surface area contributed by atoms with Crippen molar-refractivity contribution in [1.29, 1.82) is 0 Å². The van der Waals surface area contributed by atoms with Crippen LogP contribution in [-0.2, 0) is 0 Å². The Morgan fingerprint density at radius 1 is 1.44 bits per heavy atom. The van der Waals surface area contributed by atoms with Crippen LogP contribution >= 0.6 is 0 Å². The first-order chi connectivity index (χ1) is 7.59. The maximum absolute atomic E-state index is 13.4. The van der Waals surface area contributed by atoms with E-state index in [0.29, 0.717) is 19.0 Å². The minimum atomic E-state index is -1.05. The van der Waals surface area contributed by atoms with Gasteiger partial charge in [0.2, 0.25) is 0 Å². The number of hydrogen-bond acceptors (Lipinski definition) is 1. The van der Waals surface area contributed by atoms with Crippen molar-refractivity contribution in [2.24, 2.45) is 5.92 Å². The molecular weight excluding hydrogens is 212 g/mol. The fourth-order valence-electron chi connectivity index (χ4n) is 1.96. The van der Waals surface area contributed by atoms with Gasteiger partial charge in [-0.2, -0.15) is 0 Å². The zero-order valence-electron chi connectivity index (χ0n) is 9.04. The SMILES string of the molecule is CC1CCN(C(=O)c2cccc(F)c2F)C1. The van der Waals surface area contributed by atoms with Gasteiger partial charge < -0.3 is 4.90 Å². The van der Waals surface area contributed by atoms with E-state index in [9.17, 15) is 13.6 Å². The lowest BCUT2D eigenvalue weighted by molar-refractivity contribution is 0.0782. The molecule has 0 bridgehead atoms. The van der Waals surface area contributed by atoms with E-state index in [1.807, 2.05) is 6.92 Å². The van der Waals surface area contributed by atoms with Crippen LogP contribution in [0, 0.1) is 17.6 Å². The van der Waals surface area contributed by atoms with E-state index in [-0.39, 0.29) is 5.56 Å². The van der Waals surface area contributed by atoms with E-state index in [1.54, 1.807) is 4.90 Å². The van der Waals surface area contributed by atoms with Gasteiger partial charge in [-0.25, -0.2) is 8.78 Å². The molecule has 4 heteroatoms.